The van der Waals surface area contributed by atoms with E-state index in [0.717, 1.165) is 29.7 Å². The Kier molecular flexibility index (Phi) is 4.20. The average molecular weight is 298 g/mol. The Morgan fingerprint density at radius 3 is 2.71 bits per heavy atom. The van der Waals surface area contributed by atoms with Gasteiger partial charge in [-0.15, -0.1) is 0 Å². The molecule has 3 rings (SSSR count). The van der Waals surface area contributed by atoms with Crippen LogP contribution in [0, 0.1) is 0 Å². The summed E-state index contributed by atoms with van der Waals surface area (Å²) in [6.45, 7) is 0. The number of methoxy groups -OCH3 is 1. The van der Waals surface area contributed by atoms with Crippen molar-refractivity contribution in [3.63, 3.8) is 0 Å². The topological polar surface area (TPSA) is 26.3 Å². The van der Waals surface area contributed by atoms with Gasteiger partial charge in [-0.3, -0.25) is 4.79 Å². The molecule has 0 radical (unpaired) electrons. The number of hydrogen-bond acceptors (Lipinski definition) is 3. The summed E-state index contributed by atoms with van der Waals surface area (Å²) in [4.78, 5) is 12.3. The summed E-state index contributed by atoms with van der Waals surface area (Å²) >= 11 is 1.69. The molecule has 1 atom stereocenters. The second-order valence-electron chi connectivity index (χ2n) is 5.30. The van der Waals surface area contributed by atoms with Crippen molar-refractivity contribution in [2.24, 2.45) is 0 Å². The molecule has 1 aromatic heterocycles. The van der Waals surface area contributed by atoms with Crippen molar-refractivity contribution in [2.45, 2.75) is 25.2 Å². The van der Waals surface area contributed by atoms with Gasteiger partial charge in [-0.1, -0.05) is 12.1 Å². The lowest BCUT2D eigenvalue weighted by Crippen LogP contribution is -2.17. The van der Waals surface area contributed by atoms with Gasteiger partial charge >= 0.3 is 0 Å². The second kappa shape index (κ2) is 6.27. The molecular weight excluding hydrogens is 280 g/mol. The van der Waals surface area contributed by atoms with Gasteiger partial charge in [-0.25, -0.2) is 0 Å². The highest BCUT2D eigenvalue weighted by Crippen LogP contribution is 2.37. The van der Waals surface area contributed by atoms with Gasteiger partial charge in [0, 0.05) is 17.9 Å². The third-order valence-corrected chi connectivity index (χ3v) is 4.68. The molecule has 3 heteroatoms. The van der Waals surface area contributed by atoms with Gasteiger partial charge in [0.1, 0.15) is 5.75 Å². The Morgan fingerprint density at radius 2 is 2.05 bits per heavy atom. The van der Waals surface area contributed by atoms with Gasteiger partial charge < -0.3 is 4.74 Å². The number of ketones is 1. The first-order chi connectivity index (χ1) is 10.3. The van der Waals surface area contributed by atoms with Crippen molar-refractivity contribution in [2.75, 3.05) is 7.11 Å². The van der Waals surface area contributed by atoms with Crippen LogP contribution >= 0.6 is 11.3 Å². The van der Waals surface area contributed by atoms with Crippen molar-refractivity contribution in [3.05, 3.63) is 57.8 Å². The van der Waals surface area contributed by atoms with E-state index < -0.39 is 0 Å². The zero-order chi connectivity index (χ0) is 14.7. The fourth-order valence-corrected chi connectivity index (χ4v) is 3.56. The molecule has 0 aliphatic heterocycles. The highest BCUT2D eigenvalue weighted by Gasteiger charge is 2.27. The fourth-order valence-electron chi connectivity index (χ4n) is 2.84. The summed E-state index contributed by atoms with van der Waals surface area (Å²) in [5, 5.41) is 4.24. The lowest BCUT2D eigenvalue weighted by Gasteiger charge is -2.24. The van der Waals surface area contributed by atoms with Gasteiger partial charge in [0.15, 0.2) is 5.78 Å². The predicted molar refractivity (Wildman–Crippen MR) is 86.9 cm³/mol. The van der Waals surface area contributed by atoms with Crippen molar-refractivity contribution in [1.29, 1.82) is 0 Å². The molecule has 2 aromatic rings. The molecule has 2 nitrogen and oxygen atoms in total. The van der Waals surface area contributed by atoms with E-state index >= 15 is 0 Å². The van der Waals surface area contributed by atoms with E-state index in [2.05, 4.69) is 16.8 Å². The summed E-state index contributed by atoms with van der Waals surface area (Å²) in [5.41, 5.74) is 3.28. The van der Waals surface area contributed by atoms with Crippen LogP contribution in [-0.4, -0.2) is 12.9 Å². The van der Waals surface area contributed by atoms with E-state index in [1.165, 1.54) is 5.56 Å². The SMILES string of the molecule is COc1ccc(C=C2C(=O)CCCC2c2ccsc2)cc1. The monoisotopic (exact) mass is 298 g/mol. The first-order valence-corrected chi connectivity index (χ1v) is 8.13. The molecule has 21 heavy (non-hydrogen) atoms. The molecule has 0 spiro atoms. The molecular formula is C18H18O2S. The molecule has 1 saturated carbocycles. The molecule has 1 aliphatic carbocycles. The van der Waals surface area contributed by atoms with Gasteiger partial charge in [0.2, 0.25) is 0 Å². The maximum absolute atomic E-state index is 12.3. The largest absolute Gasteiger partial charge is 0.497 e. The summed E-state index contributed by atoms with van der Waals surface area (Å²) in [6, 6.07) is 9.99. The molecule has 1 aromatic carbocycles. The second-order valence-corrected chi connectivity index (χ2v) is 6.08. The van der Waals surface area contributed by atoms with Crippen LogP contribution in [0.25, 0.3) is 6.08 Å². The molecule has 1 aliphatic rings. The van der Waals surface area contributed by atoms with Crippen LogP contribution in [-0.2, 0) is 4.79 Å². The van der Waals surface area contributed by atoms with Crippen molar-refractivity contribution in [1.82, 2.24) is 0 Å². The van der Waals surface area contributed by atoms with Crippen LogP contribution in [0.5, 0.6) is 5.75 Å². The number of hydrogen-bond donors (Lipinski definition) is 0. The Labute approximate surface area is 129 Å². The lowest BCUT2D eigenvalue weighted by atomic mass is 9.79. The summed E-state index contributed by atoms with van der Waals surface area (Å²) in [7, 11) is 1.66. The van der Waals surface area contributed by atoms with Crippen LogP contribution in [0.1, 0.15) is 36.3 Å². The Hall–Kier alpha value is -1.87. The van der Waals surface area contributed by atoms with E-state index in [1.54, 1.807) is 18.4 Å². The van der Waals surface area contributed by atoms with Gasteiger partial charge in [0.25, 0.3) is 0 Å². The number of rotatable bonds is 3. The minimum absolute atomic E-state index is 0.250. The number of Topliss-reactive ketones (excluding diaryl/α,β-unsaturated/α-hetero) is 1. The molecule has 1 unspecified atom stereocenters. The van der Waals surface area contributed by atoms with E-state index in [4.69, 9.17) is 4.74 Å². The molecule has 108 valence electrons. The first kappa shape index (κ1) is 14.1. The third kappa shape index (κ3) is 3.08. The molecule has 1 fully saturated rings. The number of benzene rings is 1. The van der Waals surface area contributed by atoms with E-state index in [1.807, 2.05) is 30.3 Å². The van der Waals surface area contributed by atoms with Crippen molar-refractivity contribution < 1.29 is 9.53 Å². The highest BCUT2D eigenvalue weighted by molar-refractivity contribution is 7.08. The maximum Gasteiger partial charge on any atom is 0.159 e. The standard InChI is InChI=1S/C18H18O2S/c1-20-15-7-5-13(6-8-15)11-17-16(3-2-4-18(17)19)14-9-10-21-12-14/h5-12,16H,2-4H2,1H3. The average Bonchev–Trinajstić information content (AvgIpc) is 3.04. The molecule has 0 bridgehead atoms. The molecule has 0 amide bonds. The minimum atomic E-state index is 0.250. The summed E-state index contributed by atoms with van der Waals surface area (Å²) in [5.74, 6) is 1.37. The number of carbonyl (C=O) groups is 1. The van der Waals surface area contributed by atoms with Gasteiger partial charge in [-0.05, 0) is 59.0 Å². The third-order valence-electron chi connectivity index (χ3n) is 3.98. The summed E-state index contributed by atoms with van der Waals surface area (Å²) in [6.07, 6.45) is 4.76. The number of thiophene rings is 1. The zero-order valence-corrected chi connectivity index (χ0v) is 12.9. The minimum Gasteiger partial charge on any atom is -0.497 e. The zero-order valence-electron chi connectivity index (χ0n) is 12.0. The first-order valence-electron chi connectivity index (χ1n) is 7.19. The normalized spacial score (nSPS) is 20.7. The van der Waals surface area contributed by atoms with E-state index in [-0.39, 0.29) is 11.7 Å². The van der Waals surface area contributed by atoms with E-state index in [9.17, 15) is 4.79 Å². The van der Waals surface area contributed by atoms with E-state index in [0.29, 0.717) is 6.42 Å². The quantitative estimate of drug-likeness (QED) is 0.769. The van der Waals surface area contributed by atoms with Crippen molar-refractivity contribution in [3.8, 4) is 5.75 Å². The predicted octanol–water partition coefficient (Wildman–Crippen LogP) is 4.68. The Morgan fingerprint density at radius 1 is 1.24 bits per heavy atom. The number of carbonyl (C=O) groups excluding carboxylic acids is 1. The molecule has 1 heterocycles. The van der Waals surface area contributed by atoms with Crippen LogP contribution < -0.4 is 4.74 Å². The smallest absolute Gasteiger partial charge is 0.159 e. The highest BCUT2D eigenvalue weighted by atomic mass is 32.1. The van der Waals surface area contributed by atoms with Crippen LogP contribution in [0.15, 0.2) is 46.7 Å². The summed E-state index contributed by atoms with van der Waals surface area (Å²) < 4.78 is 5.17. The van der Waals surface area contributed by atoms with Crippen LogP contribution in [0.3, 0.4) is 0 Å². The van der Waals surface area contributed by atoms with Crippen molar-refractivity contribution >= 4 is 23.2 Å². The number of allylic oxidation sites excluding steroid dienone is 1. The molecule has 0 N–H and O–H groups in total. The fraction of sp³-hybridized carbons (Fsp3) is 0.278. The maximum atomic E-state index is 12.3. The molecule has 0 saturated heterocycles. The number of ether oxygens (including phenoxy) is 1. The van der Waals surface area contributed by atoms with Crippen LogP contribution in [0.2, 0.25) is 0 Å². The van der Waals surface area contributed by atoms with Gasteiger partial charge in [0.05, 0.1) is 7.11 Å². The Balaban J connectivity index is 1.94. The Bertz CT molecular complexity index is 638. The van der Waals surface area contributed by atoms with Gasteiger partial charge in [-0.2, -0.15) is 11.3 Å². The van der Waals surface area contributed by atoms with Crippen LogP contribution in [0.4, 0.5) is 0 Å². The lowest BCUT2D eigenvalue weighted by molar-refractivity contribution is -0.116.